The summed E-state index contributed by atoms with van der Waals surface area (Å²) < 4.78 is 10.8. The second-order valence-corrected chi connectivity index (χ2v) is 6.98. The van der Waals surface area contributed by atoms with Crippen molar-refractivity contribution in [1.82, 2.24) is 4.90 Å². The Balaban J connectivity index is 1.50. The van der Waals surface area contributed by atoms with E-state index >= 15 is 0 Å². The fourth-order valence-corrected chi connectivity index (χ4v) is 3.81. The Kier molecular flexibility index (Phi) is 4.92. The first-order valence-corrected chi connectivity index (χ1v) is 9.24. The first-order valence-electron chi connectivity index (χ1n) is 9.24. The van der Waals surface area contributed by atoms with Gasteiger partial charge in [0.1, 0.15) is 6.54 Å². The van der Waals surface area contributed by atoms with Crippen LogP contribution in [-0.2, 0) is 22.6 Å². The Morgan fingerprint density at radius 3 is 2.54 bits per heavy atom. The molecule has 2 aliphatic rings. The smallest absolute Gasteiger partial charge is 0.244 e. The van der Waals surface area contributed by atoms with E-state index < -0.39 is 0 Å². The Labute approximate surface area is 163 Å². The molecule has 2 aromatic carbocycles. The highest BCUT2D eigenvalue weighted by atomic mass is 16.5. The number of anilines is 2. The molecule has 0 aromatic heterocycles. The fourth-order valence-electron chi connectivity index (χ4n) is 3.81. The molecule has 7 nitrogen and oxygen atoms in total. The van der Waals surface area contributed by atoms with Crippen LogP contribution in [0, 0.1) is 0 Å². The lowest BCUT2D eigenvalue weighted by molar-refractivity contribution is -0.122. The number of para-hydroxylation sites is 2. The minimum Gasteiger partial charge on any atom is -0.493 e. The summed E-state index contributed by atoms with van der Waals surface area (Å²) in [6.07, 6.45) is 0.833. The van der Waals surface area contributed by atoms with Crippen molar-refractivity contribution in [1.29, 1.82) is 0 Å². The number of methoxy groups -OCH3 is 2. The van der Waals surface area contributed by atoms with Crippen LogP contribution in [0.2, 0.25) is 0 Å². The zero-order valence-corrected chi connectivity index (χ0v) is 16.0. The fraction of sp³-hybridized carbons (Fsp3) is 0.333. The molecule has 28 heavy (non-hydrogen) atoms. The molecule has 0 radical (unpaired) electrons. The van der Waals surface area contributed by atoms with E-state index in [1.165, 1.54) is 5.56 Å². The van der Waals surface area contributed by atoms with Crippen LogP contribution < -0.4 is 19.7 Å². The summed E-state index contributed by atoms with van der Waals surface area (Å²) in [5.74, 6) is 1.16. The second-order valence-electron chi connectivity index (χ2n) is 6.98. The number of carbonyl (C=O) groups is 2. The molecule has 1 N–H and O–H groups in total. The number of rotatable bonds is 4. The molecule has 0 unspecified atom stereocenters. The first kappa shape index (κ1) is 18.3. The third kappa shape index (κ3) is 3.41. The van der Waals surface area contributed by atoms with Gasteiger partial charge in [-0.15, -0.1) is 0 Å². The molecule has 2 amide bonds. The molecule has 0 fully saturated rings. The monoisotopic (exact) mass is 381 g/mol. The van der Waals surface area contributed by atoms with Crippen molar-refractivity contribution in [3.63, 3.8) is 0 Å². The average molecular weight is 381 g/mol. The number of carbonyl (C=O) groups excluding carboxylic acids is 2. The SMILES string of the molecule is COc1cc2c(cc1OC)CN(CC(=O)N1CC(=O)Nc3ccccc31)CC2. The summed E-state index contributed by atoms with van der Waals surface area (Å²) >= 11 is 0. The molecule has 0 aliphatic carbocycles. The van der Waals surface area contributed by atoms with Crippen molar-refractivity contribution in [3.05, 3.63) is 47.5 Å². The molecule has 7 heteroatoms. The van der Waals surface area contributed by atoms with Crippen molar-refractivity contribution in [2.45, 2.75) is 13.0 Å². The molecule has 0 atom stereocenters. The number of ether oxygens (including phenoxy) is 2. The number of hydrogen-bond donors (Lipinski definition) is 1. The van der Waals surface area contributed by atoms with Gasteiger partial charge in [-0.2, -0.15) is 0 Å². The van der Waals surface area contributed by atoms with E-state index in [0.717, 1.165) is 30.0 Å². The highest BCUT2D eigenvalue weighted by Crippen LogP contribution is 2.33. The molecule has 0 spiro atoms. The van der Waals surface area contributed by atoms with Crippen LogP contribution in [0.4, 0.5) is 11.4 Å². The van der Waals surface area contributed by atoms with Gasteiger partial charge in [0.25, 0.3) is 0 Å². The lowest BCUT2D eigenvalue weighted by Gasteiger charge is -2.33. The lowest BCUT2D eigenvalue weighted by Crippen LogP contribution is -2.47. The summed E-state index contributed by atoms with van der Waals surface area (Å²) in [4.78, 5) is 28.6. The van der Waals surface area contributed by atoms with Crippen LogP contribution in [-0.4, -0.2) is 50.6 Å². The van der Waals surface area contributed by atoms with E-state index in [1.807, 2.05) is 36.4 Å². The van der Waals surface area contributed by atoms with E-state index in [-0.39, 0.29) is 24.9 Å². The number of nitrogens with zero attached hydrogens (tertiary/aromatic N) is 2. The topological polar surface area (TPSA) is 71.1 Å². The largest absolute Gasteiger partial charge is 0.493 e. The number of amides is 2. The molecule has 146 valence electrons. The van der Waals surface area contributed by atoms with E-state index in [9.17, 15) is 9.59 Å². The van der Waals surface area contributed by atoms with Crippen molar-refractivity contribution in [3.8, 4) is 11.5 Å². The minimum atomic E-state index is -0.173. The van der Waals surface area contributed by atoms with Crippen molar-refractivity contribution < 1.29 is 19.1 Å². The molecule has 0 saturated carbocycles. The maximum absolute atomic E-state index is 13.0. The van der Waals surface area contributed by atoms with Gasteiger partial charge in [0.05, 0.1) is 32.1 Å². The minimum absolute atomic E-state index is 0.0469. The van der Waals surface area contributed by atoms with Crippen molar-refractivity contribution >= 4 is 23.2 Å². The highest BCUT2D eigenvalue weighted by Gasteiger charge is 2.29. The van der Waals surface area contributed by atoms with Gasteiger partial charge < -0.3 is 14.8 Å². The number of benzene rings is 2. The van der Waals surface area contributed by atoms with Gasteiger partial charge >= 0.3 is 0 Å². The van der Waals surface area contributed by atoms with E-state index in [4.69, 9.17) is 9.47 Å². The number of hydrogen-bond acceptors (Lipinski definition) is 5. The van der Waals surface area contributed by atoms with Crippen molar-refractivity contribution in [2.75, 3.05) is 44.1 Å². The third-order valence-electron chi connectivity index (χ3n) is 5.23. The Morgan fingerprint density at radius 2 is 1.79 bits per heavy atom. The summed E-state index contributed by atoms with van der Waals surface area (Å²) in [7, 11) is 3.25. The van der Waals surface area contributed by atoms with Gasteiger partial charge in [0.15, 0.2) is 11.5 Å². The standard InChI is InChI=1S/C21H23N3O4/c1-27-18-9-14-7-8-23(11-15(14)10-19(18)28-2)13-21(26)24-12-20(25)22-16-5-3-4-6-17(16)24/h3-6,9-10H,7-8,11-13H2,1-2H3,(H,22,25). The van der Waals surface area contributed by atoms with Crippen LogP contribution in [0.3, 0.4) is 0 Å². The van der Waals surface area contributed by atoms with Gasteiger partial charge in [-0.1, -0.05) is 12.1 Å². The van der Waals surface area contributed by atoms with Gasteiger partial charge in [-0.05, 0) is 41.8 Å². The molecule has 4 rings (SSSR count). The molecule has 0 saturated heterocycles. The Hall–Kier alpha value is -3.06. The molecular formula is C21H23N3O4. The lowest BCUT2D eigenvalue weighted by atomic mass is 9.98. The maximum Gasteiger partial charge on any atom is 0.244 e. The zero-order chi connectivity index (χ0) is 19.7. The quantitative estimate of drug-likeness (QED) is 0.878. The average Bonchev–Trinajstić information content (AvgIpc) is 2.71. The summed E-state index contributed by atoms with van der Waals surface area (Å²) in [5.41, 5.74) is 3.77. The predicted molar refractivity (Wildman–Crippen MR) is 106 cm³/mol. The molecule has 2 aromatic rings. The molecular weight excluding hydrogens is 358 g/mol. The van der Waals surface area contributed by atoms with E-state index in [2.05, 4.69) is 10.2 Å². The van der Waals surface area contributed by atoms with Crippen LogP contribution in [0.25, 0.3) is 0 Å². The third-order valence-corrected chi connectivity index (χ3v) is 5.23. The molecule has 2 aliphatic heterocycles. The first-order chi connectivity index (χ1) is 13.6. The Morgan fingerprint density at radius 1 is 1.07 bits per heavy atom. The highest BCUT2D eigenvalue weighted by molar-refractivity contribution is 6.10. The number of fused-ring (bicyclic) bond motifs is 2. The van der Waals surface area contributed by atoms with Crippen LogP contribution in [0.5, 0.6) is 11.5 Å². The second kappa shape index (κ2) is 7.52. The van der Waals surface area contributed by atoms with Gasteiger partial charge in [-0.3, -0.25) is 19.4 Å². The zero-order valence-electron chi connectivity index (χ0n) is 16.0. The molecule has 0 bridgehead atoms. The predicted octanol–water partition coefficient (Wildman–Crippen LogP) is 2.05. The van der Waals surface area contributed by atoms with Crippen LogP contribution in [0.1, 0.15) is 11.1 Å². The van der Waals surface area contributed by atoms with E-state index in [0.29, 0.717) is 18.0 Å². The van der Waals surface area contributed by atoms with Crippen LogP contribution in [0.15, 0.2) is 36.4 Å². The normalized spacial score (nSPS) is 16.1. The van der Waals surface area contributed by atoms with Gasteiger partial charge in [0, 0.05) is 13.1 Å². The van der Waals surface area contributed by atoms with E-state index in [1.54, 1.807) is 19.1 Å². The van der Waals surface area contributed by atoms with Crippen molar-refractivity contribution in [2.24, 2.45) is 0 Å². The summed E-state index contributed by atoms with van der Waals surface area (Å²) in [5, 5.41) is 2.81. The van der Waals surface area contributed by atoms with Gasteiger partial charge in [-0.25, -0.2) is 0 Å². The summed E-state index contributed by atoms with van der Waals surface area (Å²) in [6.45, 7) is 1.74. The summed E-state index contributed by atoms with van der Waals surface area (Å²) in [6, 6.07) is 11.4. The molecule has 2 heterocycles. The van der Waals surface area contributed by atoms with Crippen LogP contribution >= 0.6 is 0 Å². The Bertz CT molecular complexity index is 928. The number of nitrogens with one attached hydrogen (secondary N) is 1. The maximum atomic E-state index is 13.0. The van der Waals surface area contributed by atoms with Gasteiger partial charge in [0.2, 0.25) is 11.8 Å².